The van der Waals surface area contributed by atoms with Gasteiger partial charge in [0.1, 0.15) is 11.3 Å². The average Bonchev–Trinajstić information content (AvgIpc) is 3.40. The van der Waals surface area contributed by atoms with E-state index in [0.29, 0.717) is 44.6 Å². The quantitative estimate of drug-likeness (QED) is 0.167. The first kappa shape index (κ1) is 25.4. The van der Waals surface area contributed by atoms with Crippen molar-refractivity contribution in [2.45, 2.75) is 46.1 Å². The van der Waals surface area contributed by atoms with E-state index in [-0.39, 0.29) is 22.5 Å². The lowest BCUT2D eigenvalue weighted by atomic mass is 9.98. The summed E-state index contributed by atoms with van der Waals surface area (Å²) in [4.78, 5) is 46.3. The molecule has 0 saturated heterocycles. The molecule has 9 heteroatoms. The van der Waals surface area contributed by atoms with Gasteiger partial charge in [0.05, 0.1) is 34.2 Å². The lowest BCUT2D eigenvalue weighted by Gasteiger charge is -2.23. The van der Waals surface area contributed by atoms with E-state index in [1.807, 2.05) is 24.3 Å². The van der Waals surface area contributed by atoms with Crippen LogP contribution in [0.3, 0.4) is 0 Å². The molecule has 1 atom stereocenters. The number of nitrogens with zero attached hydrogens (tertiary/aromatic N) is 2. The van der Waals surface area contributed by atoms with Gasteiger partial charge in [-0.1, -0.05) is 59.2 Å². The van der Waals surface area contributed by atoms with Gasteiger partial charge in [0.15, 0.2) is 16.3 Å². The Kier molecular flexibility index (Phi) is 7.00. The number of ether oxygens (including phenoxy) is 1. The number of unbranched alkanes of at least 4 members (excludes halogenated alkanes) is 2. The largest absolute Gasteiger partial charge is 0.494 e. The molecule has 0 fully saturated rings. The zero-order chi connectivity index (χ0) is 26.3. The summed E-state index contributed by atoms with van der Waals surface area (Å²) in [6, 6.07) is 11.7. The highest BCUT2D eigenvalue weighted by Crippen LogP contribution is 2.43. The molecule has 1 unspecified atom stereocenters. The van der Waals surface area contributed by atoms with Gasteiger partial charge >= 0.3 is 0 Å². The van der Waals surface area contributed by atoms with Crippen LogP contribution in [0.15, 0.2) is 56.1 Å². The van der Waals surface area contributed by atoms with Crippen LogP contribution in [0, 0.1) is 6.92 Å². The molecule has 0 aliphatic carbocycles. The molecule has 0 bridgehead atoms. The summed E-state index contributed by atoms with van der Waals surface area (Å²) in [6.45, 7) is 5.92. The van der Waals surface area contributed by atoms with Gasteiger partial charge in [-0.25, -0.2) is 4.98 Å². The zero-order valence-corrected chi connectivity index (χ0v) is 23.1. The number of aromatic nitrogens is 1. The summed E-state index contributed by atoms with van der Waals surface area (Å²) in [5.41, 5.74) is 1.52. The first-order valence-corrected chi connectivity index (χ1v) is 13.7. The summed E-state index contributed by atoms with van der Waals surface area (Å²) in [7, 11) is 0. The number of hydrogen-bond acceptors (Lipinski definition) is 7. The van der Waals surface area contributed by atoms with E-state index in [9.17, 15) is 14.4 Å². The lowest BCUT2D eigenvalue weighted by Crippen LogP contribution is -2.29. The van der Waals surface area contributed by atoms with Crippen LogP contribution in [-0.4, -0.2) is 23.3 Å². The third-order valence-electron chi connectivity index (χ3n) is 6.33. The predicted molar refractivity (Wildman–Crippen MR) is 147 cm³/mol. The minimum atomic E-state index is -0.785. The van der Waals surface area contributed by atoms with Gasteiger partial charge in [-0.3, -0.25) is 19.3 Å². The highest BCUT2D eigenvalue weighted by atomic mass is 79.9. The molecular formula is C28H25BrN2O5S. The predicted octanol–water partition coefficient (Wildman–Crippen LogP) is 6.84. The van der Waals surface area contributed by atoms with Crippen molar-refractivity contribution in [3.63, 3.8) is 0 Å². The van der Waals surface area contributed by atoms with E-state index in [1.165, 1.54) is 11.8 Å². The van der Waals surface area contributed by atoms with Crippen molar-refractivity contribution in [2.75, 3.05) is 11.5 Å². The smallest absolute Gasteiger partial charge is 0.297 e. The molecule has 3 heterocycles. The van der Waals surface area contributed by atoms with Crippen molar-refractivity contribution in [1.82, 2.24) is 4.98 Å². The van der Waals surface area contributed by atoms with E-state index < -0.39 is 11.9 Å². The molecule has 1 aliphatic heterocycles. The Labute approximate surface area is 226 Å². The molecule has 0 saturated carbocycles. The van der Waals surface area contributed by atoms with Gasteiger partial charge in [0.25, 0.3) is 5.91 Å². The van der Waals surface area contributed by atoms with Crippen molar-refractivity contribution in [3.8, 4) is 5.75 Å². The molecule has 190 valence electrons. The molecule has 0 N–H and O–H groups in total. The van der Waals surface area contributed by atoms with Gasteiger partial charge < -0.3 is 9.15 Å². The van der Waals surface area contributed by atoms with Crippen LogP contribution < -0.4 is 15.1 Å². The Morgan fingerprint density at radius 2 is 2.00 bits per heavy atom. The molecule has 5 rings (SSSR count). The van der Waals surface area contributed by atoms with Crippen LogP contribution in [0.5, 0.6) is 5.75 Å². The fourth-order valence-corrected chi connectivity index (χ4v) is 5.94. The maximum absolute atomic E-state index is 13.8. The maximum Gasteiger partial charge on any atom is 0.297 e. The molecule has 1 amide bonds. The SMILES string of the molecule is CCCCCOc1cccc(C2c3c(oc4ccc(Br)cc4c3=O)C(=O)N2c2nc(C)c(C(C)=O)s2)c1. The first-order valence-electron chi connectivity index (χ1n) is 12.1. The first-order chi connectivity index (χ1) is 17.8. The van der Waals surface area contributed by atoms with E-state index in [1.54, 1.807) is 25.1 Å². The highest BCUT2D eigenvalue weighted by molar-refractivity contribution is 9.10. The van der Waals surface area contributed by atoms with Crippen molar-refractivity contribution in [2.24, 2.45) is 0 Å². The number of ketones is 1. The van der Waals surface area contributed by atoms with Gasteiger partial charge in [-0.05, 0) is 49.2 Å². The number of aryl methyl sites for hydroxylation is 1. The summed E-state index contributed by atoms with van der Waals surface area (Å²) < 4.78 is 12.7. The summed E-state index contributed by atoms with van der Waals surface area (Å²) in [5, 5.41) is 0.711. The van der Waals surface area contributed by atoms with E-state index >= 15 is 0 Å². The second kappa shape index (κ2) is 10.2. The second-order valence-corrected chi connectivity index (χ2v) is 10.9. The van der Waals surface area contributed by atoms with Crippen LogP contribution in [0.2, 0.25) is 0 Å². The number of fused-ring (bicyclic) bond motifs is 2. The number of halogens is 1. The Bertz CT molecular complexity index is 1590. The normalized spacial score (nSPS) is 14.9. The third-order valence-corrected chi connectivity index (χ3v) is 8.08. The molecule has 2 aromatic carbocycles. The van der Waals surface area contributed by atoms with Crippen LogP contribution in [-0.2, 0) is 0 Å². The number of amides is 1. The summed E-state index contributed by atoms with van der Waals surface area (Å²) in [5.74, 6) is 0.0349. The molecule has 2 aromatic heterocycles. The number of carbonyl (C=O) groups is 2. The summed E-state index contributed by atoms with van der Waals surface area (Å²) in [6.07, 6.45) is 3.10. The van der Waals surface area contributed by atoms with E-state index in [0.717, 1.165) is 35.1 Å². The van der Waals surface area contributed by atoms with Crippen LogP contribution in [0.1, 0.15) is 76.2 Å². The fourth-order valence-electron chi connectivity index (χ4n) is 4.59. The number of rotatable bonds is 8. The fraction of sp³-hybridized carbons (Fsp3) is 0.286. The standard InChI is InChI=1S/C28H25BrN2O5S/c1-4-5-6-12-35-19-9-7-8-17(13-19)23-22-24(33)20-14-18(29)10-11-21(20)36-25(22)27(34)31(23)28-30-15(2)26(37-28)16(3)32/h7-11,13-14,23H,4-6,12H2,1-3H3. The summed E-state index contributed by atoms with van der Waals surface area (Å²) >= 11 is 4.56. The number of thiazole rings is 1. The minimum Gasteiger partial charge on any atom is -0.494 e. The van der Waals surface area contributed by atoms with Gasteiger partial charge in [0.2, 0.25) is 5.76 Å². The topological polar surface area (TPSA) is 89.7 Å². The van der Waals surface area contributed by atoms with Crippen LogP contribution in [0.25, 0.3) is 11.0 Å². The van der Waals surface area contributed by atoms with Crippen molar-refractivity contribution < 1.29 is 18.7 Å². The number of carbonyl (C=O) groups excluding carboxylic acids is 2. The molecule has 37 heavy (non-hydrogen) atoms. The Balaban J connectivity index is 1.69. The monoisotopic (exact) mass is 580 g/mol. The highest BCUT2D eigenvalue weighted by Gasteiger charge is 2.45. The third kappa shape index (κ3) is 4.62. The second-order valence-electron chi connectivity index (χ2n) is 8.99. The van der Waals surface area contributed by atoms with Gasteiger partial charge in [-0.15, -0.1) is 0 Å². The van der Waals surface area contributed by atoms with Crippen molar-refractivity contribution in [1.29, 1.82) is 0 Å². The van der Waals surface area contributed by atoms with Crippen LogP contribution in [0.4, 0.5) is 5.13 Å². The molecule has 0 spiro atoms. The molecule has 4 aromatic rings. The Morgan fingerprint density at radius 3 is 2.73 bits per heavy atom. The Hall–Kier alpha value is -3.30. The molecule has 0 radical (unpaired) electrons. The Morgan fingerprint density at radius 1 is 1.19 bits per heavy atom. The average molecular weight is 581 g/mol. The lowest BCUT2D eigenvalue weighted by molar-refractivity contribution is 0.0969. The van der Waals surface area contributed by atoms with Crippen molar-refractivity contribution >= 4 is 55.1 Å². The maximum atomic E-state index is 13.8. The molecular weight excluding hydrogens is 556 g/mol. The van der Waals surface area contributed by atoms with Crippen molar-refractivity contribution in [3.05, 3.63) is 84.6 Å². The number of Topliss-reactive ketones (excluding diaryl/α,β-unsaturated/α-hetero) is 1. The van der Waals surface area contributed by atoms with E-state index in [2.05, 4.69) is 27.8 Å². The molecule has 7 nitrogen and oxygen atoms in total. The minimum absolute atomic E-state index is 0.0173. The van der Waals surface area contributed by atoms with Gasteiger partial charge in [0, 0.05) is 11.4 Å². The van der Waals surface area contributed by atoms with Crippen LogP contribution >= 0.6 is 27.3 Å². The number of anilines is 1. The number of benzene rings is 2. The molecule has 1 aliphatic rings. The van der Waals surface area contributed by atoms with Gasteiger partial charge in [-0.2, -0.15) is 0 Å². The number of hydrogen-bond donors (Lipinski definition) is 0. The van der Waals surface area contributed by atoms with E-state index in [4.69, 9.17) is 9.15 Å². The zero-order valence-electron chi connectivity index (χ0n) is 20.7.